The summed E-state index contributed by atoms with van der Waals surface area (Å²) < 4.78 is 5.31. The van der Waals surface area contributed by atoms with E-state index in [0.29, 0.717) is 23.3 Å². The van der Waals surface area contributed by atoms with Crippen LogP contribution in [0.1, 0.15) is 32.6 Å². The molecule has 0 aromatic carbocycles. The lowest BCUT2D eigenvalue weighted by molar-refractivity contribution is 0.149. The zero-order chi connectivity index (χ0) is 14.6. The van der Waals surface area contributed by atoms with Gasteiger partial charge in [0.15, 0.2) is 11.6 Å². The Bertz CT molecular complexity index is 456. The molecule has 2 atom stereocenters. The van der Waals surface area contributed by atoms with Crippen LogP contribution < -0.4 is 21.3 Å². The Morgan fingerprint density at radius 2 is 2.25 bits per heavy atom. The number of nitrogens with one attached hydrogen (secondary N) is 2. The van der Waals surface area contributed by atoms with Crippen LogP contribution in [-0.2, 0) is 0 Å². The molecule has 5 N–H and O–H groups in total. The summed E-state index contributed by atoms with van der Waals surface area (Å²) in [5.41, 5.74) is 2.13. The Kier molecular flexibility index (Phi) is 4.61. The predicted molar refractivity (Wildman–Crippen MR) is 77.5 cm³/mol. The number of hydrazine groups is 1. The van der Waals surface area contributed by atoms with E-state index in [-0.39, 0.29) is 12.1 Å². The molecule has 20 heavy (non-hydrogen) atoms. The number of hydrogen-bond acceptors (Lipinski definition) is 7. The monoisotopic (exact) mass is 281 g/mol. The number of rotatable bonds is 5. The normalized spacial score (nSPS) is 26.1. The second-order valence-corrected chi connectivity index (χ2v) is 5.51. The van der Waals surface area contributed by atoms with Gasteiger partial charge in [0.25, 0.3) is 0 Å². The van der Waals surface area contributed by atoms with Gasteiger partial charge in [-0.3, -0.25) is 0 Å². The molecule has 1 aromatic heterocycles. The van der Waals surface area contributed by atoms with Gasteiger partial charge in [-0.1, -0.05) is 19.8 Å². The molecule has 1 aliphatic rings. The minimum absolute atomic E-state index is 0.0654. The number of anilines is 2. The topological polar surface area (TPSA) is 105 Å². The largest absolute Gasteiger partial charge is 0.490 e. The summed E-state index contributed by atoms with van der Waals surface area (Å²) in [4.78, 5) is 8.23. The SMILES string of the molecule is COc1c(NN)ncnc1NC1(CO)CCCC(C)C1. The Morgan fingerprint density at radius 1 is 1.50 bits per heavy atom. The average molecular weight is 281 g/mol. The van der Waals surface area contributed by atoms with Crippen molar-refractivity contribution in [2.75, 3.05) is 24.5 Å². The number of aromatic nitrogens is 2. The van der Waals surface area contributed by atoms with Crippen LogP contribution in [0, 0.1) is 5.92 Å². The molecular weight excluding hydrogens is 258 g/mol. The standard InChI is InChI=1S/C13H23N5O2/c1-9-4-3-5-13(6-9,7-19)17-11-10(20-2)12(18-14)16-8-15-11/h8-9,19H,3-7,14H2,1-2H3,(H2,15,16,17,18). The molecule has 112 valence electrons. The van der Waals surface area contributed by atoms with E-state index in [1.165, 1.54) is 12.7 Å². The second kappa shape index (κ2) is 6.23. The van der Waals surface area contributed by atoms with E-state index in [0.717, 1.165) is 19.3 Å². The number of methoxy groups -OCH3 is 1. The van der Waals surface area contributed by atoms with Gasteiger partial charge in [0, 0.05) is 0 Å². The fourth-order valence-electron chi connectivity index (χ4n) is 2.97. The van der Waals surface area contributed by atoms with E-state index >= 15 is 0 Å². The molecule has 0 amide bonds. The van der Waals surface area contributed by atoms with Crippen LogP contribution in [0.5, 0.6) is 5.75 Å². The van der Waals surface area contributed by atoms with E-state index in [1.807, 2.05) is 0 Å². The van der Waals surface area contributed by atoms with Crippen LogP contribution in [0.25, 0.3) is 0 Å². The quantitative estimate of drug-likeness (QED) is 0.473. The number of nitrogens with two attached hydrogens (primary N) is 1. The lowest BCUT2D eigenvalue weighted by Gasteiger charge is -2.40. The van der Waals surface area contributed by atoms with Gasteiger partial charge in [-0.15, -0.1) is 0 Å². The van der Waals surface area contributed by atoms with Gasteiger partial charge in [-0.05, 0) is 18.8 Å². The fourth-order valence-corrected chi connectivity index (χ4v) is 2.97. The highest BCUT2D eigenvalue weighted by atomic mass is 16.5. The van der Waals surface area contributed by atoms with Crippen LogP contribution in [0.2, 0.25) is 0 Å². The van der Waals surface area contributed by atoms with Crippen molar-refractivity contribution in [1.82, 2.24) is 9.97 Å². The van der Waals surface area contributed by atoms with E-state index in [1.54, 1.807) is 7.11 Å². The summed E-state index contributed by atoms with van der Waals surface area (Å²) in [6, 6.07) is 0. The Labute approximate surface area is 118 Å². The minimum Gasteiger partial charge on any atom is -0.490 e. The molecule has 0 bridgehead atoms. The third-order valence-electron chi connectivity index (χ3n) is 3.92. The third kappa shape index (κ3) is 2.94. The first-order valence-corrected chi connectivity index (χ1v) is 6.89. The minimum atomic E-state index is -0.356. The van der Waals surface area contributed by atoms with Crippen LogP contribution in [0.15, 0.2) is 6.33 Å². The maximum Gasteiger partial charge on any atom is 0.205 e. The summed E-state index contributed by atoms with van der Waals surface area (Å²) in [6.07, 6.45) is 5.51. The fraction of sp³-hybridized carbons (Fsp3) is 0.692. The number of nitrogens with zero attached hydrogens (tertiary/aromatic N) is 2. The molecule has 0 saturated heterocycles. The van der Waals surface area contributed by atoms with Crippen molar-refractivity contribution >= 4 is 11.6 Å². The second-order valence-electron chi connectivity index (χ2n) is 5.51. The van der Waals surface area contributed by atoms with Crippen molar-refractivity contribution in [3.63, 3.8) is 0 Å². The molecule has 7 nitrogen and oxygen atoms in total. The van der Waals surface area contributed by atoms with Gasteiger partial charge in [-0.2, -0.15) is 0 Å². The zero-order valence-corrected chi connectivity index (χ0v) is 12.0. The maximum atomic E-state index is 9.82. The summed E-state index contributed by atoms with van der Waals surface area (Å²) in [6.45, 7) is 2.27. The van der Waals surface area contributed by atoms with Crippen LogP contribution in [0.4, 0.5) is 11.6 Å². The van der Waals surface area contributed by atoms with Crippen LogP contribution in [-0.4, -0.2) is 34.3 Å². The molecule has 0 aliphatic heterocycles. The number of aliphatic hydroxyl groups is 1. The summed E-state index contributed by atoms with van der Waals surface area (Å²) >= 11 is 0. The molecule has 1 fully saturated rings. The number of hydrogen-bond donors (Lipinski definition) is 4. The van der Waals surface area contributed by atoms with Crippen LogP contribution in [0.3, 0.4) is 0 Å². The lowest BCUT2D eigenvalue weighted by atomic mass is 9.77. The molecule has 1 heterocycles. The predicted octanol–water partition coefficient (Wildman–Crippen LogP) is 1.12. The first-order valence-electron chi connectivity index (χ1n) is 6.89. The molecule has 0 spiro atoms. The van der Waals surface area contributed by atoms with Gasteiger partial charge >= 0.3 is 0 Å². The van der Waals surface area contributed by atoms with Crippen molar-refractivity contribution in [3.8, 4) is 5.75 Å². The van der Waals surface area contributed by atoms with Crippen molar-refractivity contribution in [3.05, 3.63) is 6.33 Å². The Balaban J connectivity index is 2.27. The van der Waals surface area contributed by atoms with Gasteiger partial charge in [-0.25, -0.2) is 15.8 Å². The molecule has 0 radical (unpaired) electrons. The first-order chi connectivity index (χ1) is 9.64. The van der Waals surface area contributed by atoms with Crippen molar-refractivity contribution < 1.29 is 9.84 Å². The highest BCUT2D eigenvalue weighted by Crippen LogP contribution is 2.37. The van der Waals surface area contributed by atoms with Gasteiger partial charge in [0.05, 0.1) is 19.3 Å². The lowest BCUT2D eigenvalue weighted by Crippen LogP contribution is -2.46. The zero-order valence-electron chi connectivity index (χ0n) is 12.0. The van der Waals surface area contributed by atoms with Crippen molar-refractivity contribution in [1.29, 1.82) is 0 Å². The van der Waals surface area contributed by atoms with E-state index < -0.39 is 0 Å². The Hall–Kier alpha value is -1.60. The van der Waals surface area contributed by atoms with Crippen LogP contribution >= 0.6 is 0 Å². The molecule has 1 aliphatic carbocycles. The average Bonchev–Trinajstić information content (AvgIpc) is 2.47. The maximum absolute atomic E-state index is 9.82. The van der Waals surface area contributed by atoms with Crippen molar-refractivity contribution in [2.24, 2.45) is 11.8 Å². The molecule has 7 heteroatoms. The van der Waals surface area contributed by atoms with E-state index in [2.05, 4.69) is 27.6 Å². The van der Waals surface area contributed by atoms with Gasteiger partial charge < -0.3 is 20.6 Å². The highest BCUT2D eigenvalue weighted by Gasteiger charge is 2.35. The van der Waals surface area contributed by atoms with Gasteiger partial charge in [0.2, 0.25) is 5.75 Å². The smallest absolute Gasteiger partial charge is 0.205 e. The van der Waals surface area contributed by atoms with Crippen molar-refractivity contribution in [2.45, 2.75) is 38.1 Å². The number of nitrogen functional groups attached to an aromatic ring is 1. The summed E-state index contributed by atoms with van der Waals surface area (Å²) in [7, 11) is 1.54. The molecule has 2 unspecified atom stereocenters. The first kappa shape index (κ1) is 14.8. The van der Waals surface area contributed by atoms with E-state index in [4.69, 9.17) is 10.6 Å². The Morgan fingerprint density at radius 3 is 2.85 bits per heavy atom. The molecule has 1 aromatic rings. The molecule has 2 rings (SSSR count). The third-order valence-corrected chi connectivity index (χ3v) is 3.92. The highest BCUT2D eigenvalue weighted by molar-refractivity contribution is 5.63. The van der Waals surface area contributed by atoms with Gasteiger partial charge in [0.1, 0.15) is 6.33 Å². The number of ether oxygens (including phenoxy) is 1. The summed E-state index contributed by atoms with van der Waals surface area (Å²) in [5, 5.41) is 13.2. The van der Waals surface area contributed by atoms with E-state index in [9.17, 15) is 5.11 Å². The summed E-state index contributed by atoms with van der Waals surface area (Å²) in [5.74, 6) is 7.42. The molecular formula is C13H23N5O2. The number of aliphatic hydroxyl groups excluding tert-OH is 1. The molecule has 1 saturated carbocycles.